The summed E-state index contributed by atoms with van der Waals surface area (Å²) in [6, 6.07) is 7.39. The van der Waals surface area contributed by atoms with Gasteiger partial charge < -0.3 is 11.5 Å². The molecule has 1 aromatic carbocycles. The number of primary amides is 1. The van der Waals surface area contributed by atoms with Gasteiger partial charge in [-0.05, 0) is 37.3 Å². The standard InChI is InChI=1S/C13H19N3O/c1-16(12(14)17)11-5-3-2-4-10(11)6-7-13(15)8-9-13/h2-5H,6-9,15H2,1H3,(H2,14,17). The Morgan fingerprint density at radius 3 is 2.65 bits per heavy atom. The average Bonchev–Trinajstić information content (AvgIpc) is 3.05. The van der Waals surface area contributed by atoms with Gasteiger partial charge in [0.2, 0.25) is 0 Å². The minimum absolute atomic E-state index is 0.0401. The monoisotopic (exact) mass is 233 g/mol. The quantitative estimate of drug-likeness (QED) is 0.829. The van der Waals surface area contributed by atoms with Crippen molar-refractivity contribution in [3.05, 3.63) is 29.8 Å². The van der Waals surface area contributed by atoms with Gasteiger partial charge in [-0.1, -0.05) is 18.2 Å². The average molecular weight is 233 g/mol. The van der Waals surface area contributed by atoms with Crippen molar-refractivity contribution in [1.82, 2.24) is 0 Å². The van der Waals surface area contributed by atoms with E-state index in [1.165, 1.54) is 4.90 Å². The van der Waals surface area contributed by atoms with Crippen LogP contribution >= 0.6 is 0 Å². The predicted octanol–water partition coefficient (Wildman–Crippen LogP) is 1.63. The van der Waals surface area contributed by atoms with Gasteiger partial charge >= 0.3 is 6.03 Å². The lowest BCUT2D eigenvalue weighted by atomic mass is 10.0. The summed E-state index contributed by atoms with van der Waals surface area (Å²) in [6.07, 6.45) is 4.09. The molecule has 0 radical (unpaired) electrons. The van der Waals surface area contributed by atoms with Crippen molar-refractivity contribution in [2.24, 2.45) is 11.5 Å². The number of aryl methyl sites for hydroxylation is 1. The fourth-order valence-corrected chi connectivity index (χ4v) is 1.96. The van der Waals surface area contributed by atoms with E-state index in [0.717, 1.165) is 36.9 Å². The first kappa shape index (κ1) is 11.9. The number of hydrogen-bond donors (Lipinski definition) is 2. The number of amides is 2. The molecule has 17 heavy (non-hydrogen) atoms. The molecule has 0 heterocycles. The Morgan fingerprint density at radius 1 is 1.41 bits per heavy atom. The number of benzene rings is 1. The van der Waals surface area contributed by atoms with E-state index in [9.17, 15) is 4.79 Å². The Kier molecular flexibility index (Phi) is 3.07. The third-order valence-electron chi connectivity index (χ3n) is 3.47. The largest absolute Gasteiger partial charge is 0.351 e. The van der Waals surface area contributed by atoms with Crippen molar-refractivity contribution < 1.29 is 4.79 Å². The minimum Gasteiger partial charge on any atom is -0.351 e. The van der Waals surface area contributed by atoms with Gasteiger partial charge in [-0.2, -0.15) is 0 Å². The Morgan fingerprint density at radius 2 is 2.06 bits per heavy atom. The number of carbonyl (C=O) groups excluding carboxylic acids is 1. The number of anilines is 1. The van der Waals surface area contributed by atoms with Crippen LogP contribution in [0.15, 0.2) is 24.3 Å². The van der Waals surface area contributed by atoms with Gasteiger partial charge in [-0.3, -0.25) is 4.90 Å². The minimum atomic E-state index is -0.439. The summed E-state index contributed by atoms with van der Waals surface area (Å²) in [7, 11) is 1.69. The zero-order valence-electron chi connectivity index (χ0n) is 10.1. The highest BCUT2D eigenvalue weighted by Gasteiger charge is 2.37. The Labute approximate surface area is 102 Å². The molecule has 1 fully saturated rings. The summed E-state index contributed by atoms with van der Waals surface area (Å²) in [6.45, 7) is 0. The van der Waals surface area contributed by atoms with E-state index >= 15 is 0 Å². The van der Waals surface area contributed by atoms with E-state index in [1.54, 1.807) is 7.05 Å². The van der Waals surface area contributed by atoms with Gasteiger partial charge in [0.05, 0.1) is 0 Å². The number of hydrogen-bond acceptors (Lipinski definition) is 2. The molecule has 4 heteroatoms. The number of urea groups is 1. The molecule has 2 rings (SSSR count). The van der Waals surface area contributed by atoms with Gasteiger partial charge in [0, 0.05) is 18.3 Å². The highest BCUT2D eigenvalue weighted by atomic mass is 16.2. The van der Waals surface area contributed by atoms with E-state index in [4.69, 9.17) is 11.5 Å². The maximum Gasteiger partial charge on any atom is 0.319 e. The third-order valence-corrected chi connectivity index (χ3v) is 3.47. The molecule has 0 aliphatic heterocycles. The van der Waals surface area contributed by atoms with Crippen LogP contribution < -0.4 is 16.4 Å². The molecule has 0 saturated heterocycles. The Hall–Kier alpha value is -1.55. The van der Waals surface area contributed by atoms with Crippen molar-refractivity contribution in [3.63, 3.8) is 0 Å². The molecule has 0 atom stereocenters. The fourth-order valence-electron chi connectivity index (χ4n) is 1.96. The zero-order valence-corrected chi connectivity index (χ0v) is 10.1. The second-order valence-corrected chi connectivity index (χ2v) is 4.89. The molecule has 2 amide bonds. The van der Waals surface area contributed by atoms with E-state index in [1.807, 2.05) is 24.3 Å². The Balaban J connectivity index is 2.12. The van der Waals surface area contributed by atoms with Crippen LogP contribution in [0.4, 0.5) is 10.5 Å². The maximum atomic E-state index is 11.2. The highest BCUT2D eigenvalue weighted by molar-refractivity contribution is 5.90. The normalized spacial score (nSPS) is 16.6. The summed E-state index contributed by atoms with van der Waals surface area (Å²) in [4.78, 5) is 12.7. The molecule has 92 valence electrons. The number of nitrogens with two attached hydrogens (primary N) is 2. The predicted molar refractivity (Wildman–Crippen MR) is 68.9 cm³/mol. The van der Waals surface area contributed by atoms with Crippen LogP contribution in [0.1, 0.15) is 24.8 Å². The van der Waals surface area contributed by atoms with E-state index < -0.39 is 6.03 Å². The highest BCUT2D eigenvalue weighted by Crippen LogP contribution is 2.37. The summed E-state index contributed by atoms with van der Waals surface area (Å²) in [5.74, 6) is 0. The smallest absolute Gasteiger partial charge is 0.319 e. The molecule has 1 aromatic rings. The van der Waals surface area contributed by atoms with Crippen LogP contribution in [0.5, 0.6) is 0 Å². The summed E-state index contributed by atoms with van der Waals surface area (Å²) in [5.41, 5.74) is 13.4. The van der Waals surface area contributed by atoms with Crippen LogP contribution in [0.2, 0.25) is 0 Å². The van der Waals surface area contributed by atoms with Crippen LogP contribution in [0.25, 0.3) is 0 Å². The molecular formula is C13H19N3O. The number of rotatable bonds is 4. The van der Waals surface area contributed by atoms with Gasteiger partial charge in [0.15, 0.2) is 0 Å². The lowest BCUT2D eigenvalue weighted by molar-refractivity contribution is 0.255. The maximum absolute atomic E-state index is 11.2. The molecule has 0 bridgehead atoms. The fraction of sp³-hybridized carbons (Fsp3) is 0.462. The zero-order chi connectivity index (χ0) is 12.5. The lowest BCUT2D eigenvalue weighted by Crippen LogP contribution is -2.32. The van der Waals surface area contributed by atoms with Crippen LogP contribution in [-0.2, 0) is 6.42 Å². The van der Waals surface area contributed by atoms with Crippen molar-refractivity contribution in [2.75, 3.05) is 11.9 Å². The molecule has 1 aliphatic carbocycles. The van der Waals surface area contributed by atoms with Crippen molar-refractivity contribution in [1.29, 1.82) is 0 Å². The SMILES string of the molecule is CN(C(N)=O)c1ccccc1CCC1(N)CC1. The van der Waals surface area contributed by atoms with E-state index in [-0.39, 0.29) is 5.54 Å². The first-order valence-electron chi connectivity index (χ1n) is 5.92. The molecule has 0 spiro atoms. The van der Waals surface area contributed by atoms with E-state index in [0.29, 0.717) is 0 Å². The molecule has 0 unspecified atom stereocenters. The van der Waals surface area contributed by atoms with Gasteiger partial charge in [0.25, 0.3) is 0 Å². The molecule has 1 saturated carbocycles. The molecule has 4 nitrogen and oxygen atoms in total. The van der Waals surface area contributed by atoms with Crippen LogP contribution in [0, 0.1) is 0 Å². The van der Waals surface area contributed by atoms with Gasteiger partial charge in [-0.25, -0.2) is 4.79 Å². The second kappa shape index (κ2) is 4.37. The first-order chi connectivity index (χ1) is 8.02. The van der Waals surface area contributed by atoms with E-state index in [2.05, 4.69) is 0 Å². The molecule has 1 aliphatic rings. The molecule has 0 aromatic heterocycles. The summed E-state index contributed by atoms with van der Waals surface area (Å²) < 4.78 is 0. The lowest BCUT2D eigenvalue weighted by Gasteiger charge is -2.19. The van der Waals surface area contributed by atoms with Crippen molar-refractivity contribution >= 4 is 11.7 Å². The van der Waals surface area contributed by atoms with Crippen molar-refractivity contribution in [3.8, 4) is 0 Å². The van der Waals surface area contributed by atoms with Crippen LogP contribution in [0.3, 0.4) is 0 Å². The number of para-hydroxylation sites is 1. The molecular weight excluding hydrogens is 214 g/mol. The van der Waals surface area contributed by atoms with Crippen LogP contribution in [-0.4, -0.2) is 18.6 Å². The number of carbonyl (C=O) groups is 1. The first-order valence-corrected chi connectivity index (χ1v) is 5.92. The summed E-state index contributed by atoms with van der Waals surface area (Å²) >= 11 is 0. The topological polar surface area (TPSA) is 72.3 Å². The van der Waals surface area contributed by atoms with Gasteiger partial charge in [-0.15, -0.1) is 0 Å². The van der Waals surface area contributed by atoms with Gasteiger partial charge in [0.1, 0.15) is 0 Å². The van der Waals surface area contributed by atoms with Crippen molar-refractivity contribution in [2.45, 2.75) is 31.2 Å². The molecule has 4 N–H and O–H groups in total. The Bertz CT molecular complexity index is 426. The summed E-state index contributed by atoms with van der Waals surface area (Å²) in [5, 5.41) is 0. The third kappa shape index (κ3) is 2.77. The number of nitrogens with zero attached hydrogens (tertiary/aromatic N) is 1. The second-order valence-electron chi connectivity index (χ2n) is 4.89.